The van der Waals surface area contributed by atoms with Crippen LogP contribution in [-0.2, 0) is 10.0 Å². The van der Waals surface area contributed by atoms with Gasteiger partial charge in [0.05, 0.1) is 5.75 Å². The second-order valence-electron chi connectivity index (χ2n) is 6.00. The fourth-order valence-electron chi connectivity index (χ4n) is 3.01. The van der Waals surface area contributed by atoms with Crippen LogP contribution < -0.4 is 5.73 Å². The van der Waals surface area contributed by atoms with Gasteiger partial charge in [0.15, 0.2) is 0 Å². The van der Waals surface area contributed by atoms with Crippen LogP contribution in [-0.4, -0.2) is 37.6 Å². The van der Waals surface area contributed by atoms with E-state index in [0.717, 1.165) is 32.1 Å². The highest BCUT2D eigenvalue weighted by Crippen LogP contribution is 2.36. The van der Waals surface area contributed by atoms with E-state index in [2.05, 4.69) is 0 Å². The molecule has 0 aliphatic heterocycles. The predicted octanol–water partition coefficient (Wildman–Crippen LogP) is 1.71. The molecule has 0 heterocycles. The summed E-state index contributed by atoms with van der Waals surface area (Å²) in [7, 11) is -1.40. The molecule has 0 aromatic rings. The first kappa shape index (κ1) is 14.3. The van der Waals surface area contributed by atoms with Crippen LogP contribution >= 0.6 is 0 Å². The van der Waals surface area contributed by atoms with E-state index in [0.29, 0.717) is 18.2 Å². The maximum Gasteiger partial charge on any atom is 0.214 e. The smallest absolute Gasteiger partial charge is 0.214 e. The van der Waals surface area contributed by atoms with Gasteiger partial charge in [-0.25, -0.2) is 8.42 Å². The topological polar surface area (TPSA) is 63.4 Å². The van der Waals surface area contributed by atoms with Crippen molar-refractivity contribution in [1.29, 1.82) is 0 Å². The zero-order valence-corrected chi connectivity index (χ0v) is 12.2. The van der Waals surface area contributed by atoms with Crippen molar-refractivity contribution in [3.8, 4) is 0 Å². The molecule has 0 atom stereocenters. The second-order valence-corrected chi connectivity index (χ2v) is 8.12. The predicted molar refractivity (Wildman–Crippen MR) is 73.8 cm³/mol. The molecular formula is C13H26N2O2S. The number of nitrogens with zero attached hydrogens (tertiary/aromatic N) is 1. The first-order chi connectivity index (χ1) is 8.50. The summed E-state index contributed by atoms with van der Waals surface area (Å²) in [6.45, 7) is 0.451. The normalized spacial score (nSPS) is 24.4. The van der Waals surface area contributed by atoms with E-state index in [4.69, 9.17) is 5.73 Å². The molecule has 2 fully saturated rings. The Morgan fingerprint density at radius 2 is 1.83 bits per heavy atom. The molecule has 2 N–H and O–H groups in total. The van der Waals surface area contributed by atoms with Gasteiger partial charge in [-0.2, -0.15) is 4.31 Å². The Balaban J connectivity index is 2.03. The fourth-order valence-corrected chi connectivity index (χ4v) is 4.76. The quantitative estimate of drug-likeness (QED) is 0.802. The monoisotopic (exact) mass is 274 g/mol. The first-order valence-corrected chi connectivity index (χ1v) is 8.78. The Labute approximate surface area is 111 Å². The molecule has 4 nitrogen and oxygen atoms in total. The van der Waals surface area contributed by atoms with Crippen LogP contribution in [0.5, 0.6) is 0 Å². The lowest BCUT2D eigenvalue weighted by molar-refractivity contribution is 0.159. The zero-order valence-electron chi connectivity index (χ0n) is 11.4. The van der Waals surface area contributed by atoms with Crippen molar-refractivity contribution in [2.75, 3.05) is 19.3 Å². The average Bonchev–Trinajstić information content (AvgIpc) is 3.20. The van der Waals surface area contributed by atoms with E-state index >= 15 is 0 Å². The summed E-state index contributed by atoms with van der Waals surface area (Å²) < 4.78 is 26.4. The van der Waals surface area contributed by atoms with E-state index in [1.54, 1.807) is 11.4 Å². The summed E-state index contributed by atoms with van der Waals surface area (Å²) >= 11 is 0. The summed E-state index contributed by atoms with van der Waals surface area (Å²) in [6.07, 6.45) is 8.48. The third kappa shape index (κ3) is 3.06. The highest BCUT2D eigenvalue weighted by atomic mass is 32.2. The maximum atomic E-state index is 12.4. The number of nitrogens with two attached hydrogens (primary N) is 1. The molecule has 0 radical (unpaired) electrons. The Morgan fingerprint density at radius 1 is 1.22 bits per heavy atom. The number of rotatable bonds is 6. The number of likely N-dealkylation sites (N-methyl/N-ethyl adjacent to an activating group) is 1. The molecule has 0 aromatic heterocycles. The van der Waals surface area contributed by atoms with Gasteiger partial charge < -0.3 is 5.73 Å². The maximum absolute atomic E-state index is 12.4. The molecule has 0 amide bonds. The second kappa shape index (κ2) is 5.47. The van der Waals surface area contributed by atoms with Crippen molar-refractivity contribution in [3.63, 3.8) is 0 Å². The van der Waals surface area contributed by atoms with Gasteiger partial charge in [-0.05, 0) is 25.2 Å². The lowest BCUT2D eigenvalue weighted by atomic mass is 9.82. The van der Waals surface area contributed by atoms with Gasteiger partial charge >= 0.3 is 0 Å². The molecule has 0 aromatic carbocycles. The van der Waals surface area contributed by atoms with Crippen molar-refractivity contribution in [1.82, 2.24) is 4.31 Å². The molecule has 0 saturated heterocycles. The summed E-state index contributed by atoms with van der Waals surface area (Å²) in [4.78, 5) is 0. The van der Waals surface area contributed by atoms with Gasteiger partial charge in [-0.15, -0.1) is 0 Å². The molecule has 0 spiro atoms. The lowest BCUT2D eigenvalue weighted by Gasteiger charge is -2.43. The van der Waals surface area contributed by atoms with Gasteiger partial charge in [0.25, 0.3) is 0 Å². The third-order valence-corrected chi connectivity index (χ3v) is 6.70. The molecule has 0 bridgehead atoms. The van der Waals surface area contributed by atoms with Crippen molar-refractivity contribution >= 4 is 10.0 Å². The minimum Gasteiger partial charge on any atom is -0.329 e. The highest BCUT2D eigenvalue weighted by molar-refractivity contribution is 7.89. The van der Waals surface area contributed by atoms with Crippen LogP contribution in [0.15, 0.2) is 0 Å². The van der Waals surface area contributed by atoms with E-state index < -0.39 is 10.0 Å². The Bertz CT molecular complexity index is 370. The van der Waals surface area contributed by atoms with Crippen molar-refractivity contribution in [3.05, 3.63) is 0 Å². The Morgan fingerprint density at radius 3 is 2.33 bits per heavy atom. The summed E-state index contributed by atoms with van der Waals surface area (Å²) in [5.74, 6) is 0.962. The van der Waals surface area contributed by atoms with Crippen LogP contribution in [0.1, 0.15) is 51.4 Å². The fraction of sp³-hybridized carbons (Fsp3) is 1.00. The van der Waals surface area contributed by atoms with Crippen LogP contribution in [0.3, 0.4) is 0 Å². The third-order valence-electron chi connectivity index (χ3n) is 4.73. The van der Waals surface area contributed by atoms with Gasteiger partial charge in [-0.3, -0.25) is 0 Å². The summed E-state index contributed by atoms with van der Waals surface area (Å²) in [5, 5.41) is 0. The SMILES string of the molecule is CN(C1(CN)CCCCC1)S(=O)(=O)CCC1CC1. The molecular weight excluding hydrogens is 248 g/mol. The molecule has 2 rings (SSSR count). The molecule has 106 valence electrons. The Hall–Kier alpha value is -0.130. The van der Waals surface area contributed by atoms with Crippen LogP contribution in [0, 0.1) is 5.92 Å². The number of hydrogen-bond acceptors (Lipinski definition) is 3. The molecule has 5 heteroatoms. The van der Waals surface area contributed by atoms with Crippen molar-refractivity contribution < 1.29 is 8.42 Å². The van der Waals surface area contributed by atoms with Crippen molar-refractivity contribution in [2.45, 2.75) is 56.9 Å². The summed E-state index contributed by atoms with van der Waals surface area (Å²) in [5.41, 5.74) is 5.59. The minimum absolute atomic E-state index is 0.302. The van der Waals surface area contributed by atoms with Gasteiger partial charge in [-0.1, -0.05) is 32.1 Å². The number of sulfonamides is 1. The van der Waals surface area contributed by atoms with Crippen LogP contribution in [0.2, 0.25) is 0 Å². The van der Waals surface area contributed by atoms with E-state index in [9.17, 15) is 8.42 Å². The van der Waals surface area contributed by atoms with E-state index in [1.165, 1.54) is 19.3 Å². The molecule has 0 unspecified atom stereocenters. The van der Waals surface area contributed by atoms with Crippen molar-refractivity contribution in [2.24, 2.45) is 11.7 Å². The zero-order chi connectivity index (χ0) is 13.2. The lowest BCUT2D eigenvalue weighted by Crippen LogP contribution is -2.55. The van der Waals surface area contributed by atoms with Gasteiger partial charge in [0.2, 0.25) is 10.0 Å². The van der Waals surface area contributed by atoms with E-state index in [1.807, 2.05) is 0 Å². The van der Waals surface area contributed by atoms with Gasteiger partial charge in [0, 0.05) is 19.1 Å². The largest absolute Gasteiger partial charge is 0.329 e. The molecule has 2 saturated carbocycles. The highest BCUT2D eigenvalue weighted by Gasteiger charge is 2.41. The van der Waals surface area contributed by atoms with Crippen LogP contribution in [0.4, 0.5) is 0 Å². The number of hydrogen-bond donors (Lipinski definition) is 1. The molecule has 2 aliphatic rings. The Kier molecular flexibility index (Phi) is 4.34. The average molecular weight is 274 g/mol. The van der Waals surface area contributed by atoms with Crippen LogP contribution in [0.25, 0.3) is 0 Å². The molecule has 2 aliphatic carbocycles. The minimum atomic E-state index is -3.13. The molecule has 18 heavy (non-hydrogen) atoms. The first-order valence-electron chi connectivity index (χ1n) is 7.17. The standard InChI is InChI=1S/C13H26N2O2S/c1-15(13(11-14)8-3-2-4-9-13)18(16,17)10-7-12-5-6-12/h12H,2-11,14H2,1H3. The summed E-state index contributed by atoms with van der Waals surface area (Å²) in [6, 6.07) is 0. The van der Waals surface area contributed by atoms with E-state index in [-0.39, 0.29) is 5.54 Å². The van der Waals surface area contributed by atoms with Gasteiger partial charge in [0.1, 0.15) is 0 Å².